The van der Waals surface area contributed by atoms with Gasteiger partial charge in [0.25, 0.3) is 0 Å². The van der Waals surface area contributed by atoms with Crippen LogP contribution in [0.15, 0.2) is 42.5 Å². The molecule has 2 aromatic rings. The SMILES string of the molecule is O=C(/C=C/c1ccc(CO)c(O)c1)Nc1c(O)cccc1O. The van der Waals surface area contributed by atoms with Gasteiger partial charge in [0.1, 0.15) is 22.9 Å². The zero-order chi connectivity index (χ0) is 16.1. The van der Waals surface area contributed by atoms with E-state index in [1.165, 1.54) is 36.4 Å². The van der Waals surface area contributed by atoms with E-state index in [1.807, 2.05) is 0 Å². The summed E-state index contributed by atoms with van der Waals surface area (Å²) in [4.78, 5) is 11.8. The highest BCUT2D eigenvalue weighted by molar-refractivity contribution is 6.03. The first-order valence-corrected chi connectivity index (χ1v) is 6.44. The normalized spacial score (nSPS) is 10.8. The molecule has 0 aliphatic rings. The van der Waals surface area contributed by atoms with Crippen LogP contribution in [0.2, 0.25) is 0 Å². The fraction of sp³-hybridized carbons (Fsp3) is 0.0625. The van der Waals surface area contributed by atoms with Gasteiger partial charge in [-0.2, -0.15) is 0 Å². The molecule has 0 unspecified atom stereocenters. The molecule has 0 aromatic heterocycles. The van der Waals surface area contributed by atoms with Gasteiger partial charge in [0.15, 0.2) is 0 Å². The lowest BCUT2D eigenvalue weighted by atomic mass is 10.1. The van der Waals surface area contributed by atoms with Crippen LogP contribution in [0.4, 0.5) is 5.69 Å². The van der Waals surface area contributed by atoms with Crippen molar-refractivity contribution in [2.75, 3.05) is 5.32 Å². The van der Waals surface area contributed by atoms with Crippen molar-refractivity contribution >= 4 is 17.7 Å². The molecule has 0 spiro atoms. The number of benzene rings is 2. The molecule has 0 radical (unpaired) electrons. The standard InChI is InChI=1S/C16H15NO5/c18-9-11-6-4-10(8-14(11)21)5-7-15(22)17-16-12(19)2-1-3-13(16)20/h1-8,18-21H,9H2,(H,17,22)/b7-5+. The first kappa shape index (κ1) is 15.4. The zero-order valence-corrected chi connectivity index (χ0v) is 11.5. The summed E-state index contributed by atoms with van der Waals surface area (Å²) >= 11 is 0. The van der Waals surface area contributed by atoms with Crippen molar-refractivity contribution in [3.05, 3.63) is 53.6 Å². The van der Waals surface area contributed by atoms with E-state index in [2.05, 4.69) is 5.32 Å². The van der Waals surface area contributed by atoms with Crippen molar-refractivity contribution in [1.82, 2.24) is 0 Å². The molecule has 2 aromatic carbocycles. The maximum atomic E-state index is 11.8. The molecule has 0 fully saturated rings. The van der Waals surface area contributed by atoms with Gasteiger partial charge in [0, 0.05) is 11.6 Å². The van der Waals surface area contributed by atoms with Crippen molar-refractivity contribution in [3.63, 3.8) is 0 Å². The molecule has 0 aliphatic carbocycles. The van der Waals surface area contributed by atoms with Crippen LogP contribution < -0.4 is 5.32 Å². The minimum Gasteiger partial charge on any atom is -0.508 e. The third kappa shape index (κ3) is 3.56. The number of hydrogen-bond acceptors (Lipinski definition) is 5. The molecule has 0 saturated carbocycles. The van der Waals surface area contributed by atoms with Gasteiger partial charge in [-0.25, -0.2) is 0 Å². The molecule has 2 rings (SSSR count). The average Bonchev–Trinajstić information content (AvgIpc) is 2.49. The van der Waals surface area contributed by atoms with Crippen LogP contribution in [0.5, 0.6) is 17.2 Å². The molecule has 6 heteroatoms. The summed E-state index contributed by atoms with van der Waals surface area (Å²) in [7, 11) is 0. The highest BCUT2D eigenvalue weighted by Gasteiger charge is 2.08. The summed E-state index contributed by atoms with van der Waals surface area (Å²) in [6.07, 6.45) is 2.65. The average molecular weight is 301 g/mol. The number of amides is 1. The van der Waals surface area contributed by atoms with Crippen molar-refractivity contribution < 1.29 is 25.2 Å². The summed E-state index contributed by atoms with van der Waals surface area (Å²) in [6, 6.07) is 8.71. The Morgan fingerprint density at radius 1 is 1.05 bits per heavy atom. The Balaban J connectivity index is 2.10. The highest BCUT2D eigenvalue weighted by atomic mass is 16.3. The summed E-state index contributed by atoms with van der Waals surface area (Å²) in [6.45, 7) is -0.275. The number of carbonyl (C=O) groups is 1. The molecule has 0 heterocycles. The van der Waals surface area contributed by atoms with Gasteiger partial charge in [0.05, 0.1) is 6.61 Å². The van der Waals surface area contributed by atoms with Crippen molar-refractivity contribution in [1.29, 1.82) is 0 Å². The summed E-state index contributed by atoms with van der Waals surface area (Å²) in [5.41, 5.74) is 0.878. The molecule has 0 saturated heterocycles. The van der Waals surface area contributed by atoms with Crippen LogP contribution >= 0.6 is 0 Å². The number of carbonyl (C=O) groups excluding carboxylic acids is 1. The summed E-state index contributed by atoms with van der Waals surface area (Å²) < 4.78 is 0. The molecule has 6 nitrogen and oxygen atoms in total. The second-order valence-corrected chi connectivity index (χ2v) is 4.54. The first-order valence-electron chi connectivity index (χ1n) is 6.44. The van der Waals surface area contributed by atoms with E-state index in [9.17, 15) is 20.1 Å². The maximum absolute atomic E-state index is 11.8. The van der Waals surface area contributed by atoms with Crippen LogP contribution in [-0.2, 0) is 11.4 Å². The summed E-state index contributed by atoms with van der Waals surface area (Å²) in [5, 5.41) is 40.0. The third-order valence-corrected chi connectivity index (χ3v) is 2.98. The summed E-state index contributed by atoms with van der Waals surface area (Å²) in [5.74, 6) is -1.11. The van der Waals surface area contributed by atoms with Crippen LogP contribution in [0.1, 0.15) is 11.1 Å². The number of aliphatic hydroxyl groups excluding tert-OH is 1. The number of phenols is 3. The molecule has 5 N–H and O–H groups in total. The number of rotatable bonds is 4. The quantitative estimate of drug-likeness (QED) is 0.438. The van der Waals surface area contributed by atoms with Crippen LogP contribution in [0, 0.1) is 0 Å². The minimum atomic E-state index is -0.553. The Morgan fingerprint density at radius 3 is 2.32 bits per heavy atom. The fourth-order valence-electron chi connectivity index (χ4n) is 1.81. The van der Waals surface area contributed by atoms with Crippen LogP contribution in [-0.4, -0.2) is 26.3 Å². The Labute approximate surface area is 126 Å². The molecule has 1 amide bonds. The highest BCUT2D eigenvalue weighted by Crippen LogP contribution is 2.32. The van der Waals surface area contributed by atoms with Crippen LogP contribution in [0.25, 0.3) is 6.08 Å². The number of nitrogens with one attached hydrogen (secondary N) is 1. The van der Waals surface area contributed by atoms with E-state index in [-0.39, 0.29) is 29.5 Å². The second-order valence-electron chi connectivity index (χ2n) is 4.54. The maximum Gasteiger partial charge on any atom is 0.248 e. The molecular formula is C16H15NO5. The van der Waals surface area contributed by atoms with E-state index in [4.69, 9.17) is 5.11 Å². The van der Waals surface area contributed by atoms with Gasteiger partial charge < -0.3 is 25.7 Å². The predicted octanol–water partition coefficient (Wildman–Crippen LogP) is 1.95. The fourth-order valence-corrected chi connectivity index (χ4v) is 1.81. The van der Waals surface area contributed by atoms with E-state index in [0.29, 0.717) is 11.1 Å². The van der Waals surface area contributed by atoms with Gasteiger partial charge in [-0.05, 0) is 29.8 Å². The van der Waals surface area contributed by atoms with E-state index in [0.717, 1.165) is 0 Å². The molecular weight excluding hydrogens is 286 g/mol. The number of aliphatic hydroxyl groups is 1. The Kier molecular flexibility index (Phi) is 4.65. The number of para-hydroxylation sites is 1. The van der Waals surface area contributed by atoms with E-state index in [1.54, 1.807) is 12.1 Å². The monoisotopic (exact) mass is 301 g/mol. The zero-order valence-electron chi connectivity index (χ0n) is 11.5. The lowest BCUT2D eigenvalue weighted by molar-refractivity contribution is -0.111. The van der Waals surface area contributed by atoms with E-state index >= 15 is 0 Å². The Bertz CT molecular complexity index is 704. The van der Waals surface area contributed by atoms with E-state index < -0.39 is 5.91 Å². The Hall–Kier alpha value is -2.99. The number of aromatic hydroxyl groups is 3. The van der Waals surface area contributed by atoms with Crippen molar-refractivity contribution in [2.24, 2.45) is 0 Å². The minimum absolute atomic E-state index is 0.0663. The van der Waals surface area contributed by atoms with Gasteiger partial charge in [-0.3, -0.25) is 4.79 Å². The lowest BCUT2D eigenvalue weighted by Crippen LogP contribution is -2.08. The largest absolute Gasteiger partial charge is 0.508 e. The first-order chi connectivity index (χ1) is 10.5. The molecule has 0 atom stereocenters. The van der Waals surface area contributed by atoms with Gasteiger partial charge in [-0.1, -0.05) is 18.2 Å². The Morgan fingerprint density at radius 2 is 1.73 bits per heavy atom. The number of phenolic OH excluding ortho intramolecular Hbond substituents is 2. The number of anilines is 1. The molecule has 0 aliphatic heterocycles. The van der Waals surface area contributed by atoms with Crippen molar-refractivity contribution in [2.45, 2.75) is 6.61 Å². The third-order valence-electron chi connectivity index (χ3n) is 2.98. The van der Waals surface area contributed by atoms with Gasteiger partial charge >= 0.3 is 0 Å². The molecule has 22 heavy (non-hydrogen) atoms. The predicted molar refractivity (Wildman–Crippen MR) is 81.5 cm³/mol. The van der Waals surface area contributed by atoms with Crippen LogP contribution in [0.3, 0.4) is 0 Å². The topological polar surface area (TPSA) is 110 Å². The van der Waals surface area contributed by atoms with Gasteiger partial charge in [-0.15, -0.1) is 0 Å². The molecule has 114 valence electrons. The number of hydrogen-bond donors (Lipinski definition) is 5. The smallest absolute Gasteiger partial charge is 0.248 e. The molecule has 0 bridgehead atoms. The lowest BCUT2D eigenvalue weighted by Gasteiger charge is -2.07. The van der Waals surface area contributed by atoms with Crippen molar-refractivity contribution in [3.8, 4) is 17.2 Å². The second kappa shape index (κ2) is 6.64. The van der Waals surface area contributed by atoms with Gasteiger partial charge in [0.2, 0.25) is 5.91 Å².